The molecule has 0 saturated heterocycles. The van der Waals surface area contributed by atoms with E-state index in [0.717, 1.165) is 16.7 Å². The van der Waals surface area contributed by atoms with Crippen molar-refractivity contribution in [2.24, 2.45) is 0 Å². The van der Waals surface area contributed by atoms with Crippen LogP contribution in [0.1, 0.15) is 16.7 Å². The molecule has 0 saturated carbocycles. The van der Waals surface area contributed by atoms with Gasteiger partial charge in [0, 0.05) is 6.08 Å². The maximum Gasteiger partial charge on any atom is 0.331 e. The summed E-state index contributed by atoms with van der Waals surface area (Å²) in [5.74, 6) is -0.460. The number of ether oxygens (including phenoxy) is 2. The van der Waals surface area contributed by atoms with Crippen LogP contribution in [0.3, 0.4) is 0 Å². The number of benzene rings is 2. The van der Waals surface area contributed by atoms with Crippen LogP contribution in [0, 0.1) is 13.8 Å². The third-order valence-corrected chi connectivity index (χ3v) is 3.43. The number of carbonyl (C=O) groups excluding carboxylic acids is 2. The third-order valence-electron chi connectivity index (χ3n) is 3.43. The zero-order valence-electron chi connectivity index (χ0n) is 14.5. The molecule has 0 spiro atoms. The van der Waals surface area contributed by atoms with Gasteiger partial charge in [-0.3, -0.25) is 4.79 Å². The molecule has 0 bridgehead atoms. The van der Waals surface area contributed by atoms with Crippen LogP contribution in [0.25, 0.3) is 6.08 Å². The number of hydrogen-bond acceptors (Lipinski definition) is 4. The Hall–Kier alpha value is -3.08. The molecular formula is C20H21NO4. The molecule has 1 amide bonds. The number of esters is 1. The molecule has 25 heavy (non-hydrogen) atoms. The molecule has 2 aromatic rings. The molecule has 0 aromatic heterocycles. The van der Waals surface area contributed by atoms with Crippen molar-refractivity contribution in [3.63, 3.8) is 0 Å². The van der Waals surface area contributed by atoms with E-state index in [2.05, 4.69) is 5.32 Å². The molecule has 0 atom stereocenters. The van der Waals surface area contributed by atoms with E-state index in [-0.39, 0.29) is 6.61 Å². The standard InChI is InChI=1S/C20H21NO4/c1-14-5-4-6-16(11-14)8-10-20(23)25-13-19(22)21-17-12-15(2)7-9-18(17)24-3/h4-12H,13H2,1-3H3,(H,21,22)/b10-8+. The van der Waals surface area contributed by atoms with Crippen LogP contribution in [0.15, 0.2) is 48.5 Å². The molecule has 0 unspecified atom stereocenters. The first-order valence-electron chi connectivity index (χ1n) is 7.84. The smallest absolute Gasteiger partial charge is 0.331 e. The maximum atomic E-state index is 11.9. The molecule has 130 valence electrons. The van der Waals surface area contributed by atoms with Gasteiger partial charge < -0.3 is 14.8 Å². The zero-order valence-corrected chi connectivity index (χ0v) is 14.5. The van der Waals surface area contributed by atoms with E-state index in [1.807, 2.05) is 44.2 Å². The first kappa shape index (κ1) is 18.3. The predicted molar refractivity (Wildman–Crippen MR) is 97.5 cm³/mol. The minimum Gasteiger partial charge on any atom is -0.495 e. The first-order valence-corrected chi connectivity index (χ1v) is 7.84. The van der Waals surface area contributed by atoms with Gasteiger partial charge in [0.1, 0.15) is 5.75 Å². The molecule has 0 radical (unpaired) electrons. The Bertz CT molecular complexity index is 796. The van der Waals surface area contributed by atoms with Crippen LogP contribution in [0.5, 0.6) is 5.75 Å². The van der Waals surface area contributed by atoms with E-state index < -0.39 is 11.9 Å². The molecule has 0 aliphatic rings. The summed E-state index contributed by atoms with van der Waals surface area (Å²) in [6, 6.07) is 13.1. The number of rotatable bonds is 6. The largest absolute Gasteiger partial charge is 0.495 e. The number of hydrogen-bond donors (Lipinski definition) is 1. The molecule has 5 heteroatoms. The molecule has 5 nitrogen and oxygen atoms in total. The van der Waals surface area contributed by atoms with Crippen LogP contribution in [-0.2, 0) is 14.3 Å². The summed E-state index contributed by atoms with van der Waals surface area (Å²) < 4.78 is 10.1. The molecule has 2 rings (SSSR count). The Morgan fingerprint density at radius 2 is 1.84 bits per heavy atom. The number of carbonyl (C=O) groups is 2. The number of methoxy groups -OCH3 is 1. The summed E-state index contributed by atoms with van der Waals surface area (Å²) in [6.45, 7) is 3.51. The SMILES string of the molecule is COc1ccc(C)cc1NC(=O)COC(=O)/C=C/c1cccc(C)c1. The van der Waals surface area contributed by atoms with E-state index in [9.17, 15) is 9.59 Å². The highest BCUT2D eigenvalue weighted by molar-refractivity contribution is 5.95. The van der Waals surface area contributed by atoms with Gasteiger partial charge in [0.25, 0.3) is 5.91 Å². The van der Waals surface area contributed by atoms with Crippen LogP contribution < -0.4 is 10.1 Å². The fourth-order valence-electron chi connectivity index (χ4n) is 2.23. The van der Waals surface area contributed by atoms with Crippen LogP contribution in [-0.4, -0.2) is 25.6 Å². The molecule has 0 aliphatic heterocycles. The monoisotopic (exact) mass is 339 g/mol. The molecular weight excluding hydrogens is 318 g/mol. The van der Waals surface area contributed by atoms with Gasteiger partial charge in [0.2, 0.25) is 0 Å². The van der Waals surface area contributed by atoms with E-state index in [1.165, 1.54) is 13.2 Å². The molecule has 1 N–H and O–H groups in total. The zero-order chi connectivity index (χ0) is 18.2. The van der Waals surface area contributed by atoms with Crippen molar-refractivity contribution in [1.29, 1.82) is 0 Å². The third kappa shape index (κ3) is 5.80. The van der Waals surface area contributed by atoms with E-state index in [1.54, 1.807) is 18.2 Å². The van der Waals surface area contributed by atoms with Gasteiger partial charge in [-0.2, -0.15) is 0 Å². The Kier molecular flexibility index (Phi) is 6.34. The van der Waals surface area contributed by atoms with Crippen molar-refractivity contribution < 1.29 is 19.1 Å². The topological polar surface area (TPSA) is 64.6 Å². The van der Waals surface area contributed by atoms with E-state index in [4.69, 9.17) is 9.47 Å². The Morgan fingerprint density at radius 3 is 2.56 bits per heavy atom. The average molecular weight is 339 g/mol. The Morgan fingerprint density at radius 1 is 1.08 bits per heavy atom. The minimum atomic E-state index is -0.576. The van der Waals surface area contributed by atoms with E-state index >= 15 is 0 Å². The van der Waals surface area contributed by atoms with Crippen molar-refractivity contribution in [2.45, 2.75) is 13.8 Å². The van der Waals surface area contributed by atoms with Gasteiger partial charge in [-0.15, -0.1) is 0 Å². The van der Waals surface area contributed by atoms with Crippen molar-refractivity contribution in [1.82, 2.24) is 0 Å². The Labute approximate surface area is 147 Å². The van der Waals surface area contributed by atoms with Gasteiger partial charge >= 0.3 is 5.97 Å². The lowest BCUT2D eigenvalue weighted by Gasteiger charge is -2.10. The van der Waals surface area contributed by atoms with Crippen molar-refractivity contribution >= 4 is 23.6 Å². The van der Waals surface area contributed by atoms with Gasteiger partial charge in [-0.1, -0.05) is 35.9 Å². The van der Waals surface area contributed by atoms with Gasteiger partial charge in [0.05, 0.1) is 12.8 Å². The van der Waals surface area contributed by atoms with Gasteiger partial charge in [0.15, 0.2) is 6.61 Å². The number of anilines is 1. The Balaban J connectivity index is 1.87. The van der Waals surface area contributed by atoms with Crippen LogP contribution in [0.2, 0.25) is 0 Å². The second-order valence-electron chi connectivity index (χ2n) is 5.61. The lowest BCUT2D eigenvalue weighted by atomic mass is 10.1. The van der Waals surface area contributed by atoms with Crippen LogP contribution in [0.4, 0.5) is 5.69 Å². The maximum absolute atomic E-state index is 11.9. The van der Waals surface area contributed by atoms with Crippen molar-refractivity contribution in [3.05, 3.63) is 65.2 Å². The molecule has 0 fully saturated rings. The van der Waals surface area contributed by atoms with Gasteiger partial charge in [-0.05, 0) is 43.2 Å². The average Bonchev–Trinajstić information content (AvgIpc) is 2.58. The second kappa shape index (κ2) is 8.68. The summed E-state index contributed by atoms with van der Waals surface area (Å²) in [4.78, 5) is 23.7. The highest BCUT2D eigenvalue weighted by atomic mass is 16.5. The second-order valence-corrected chi connectivity index (χ2v) is 5.61. The fraction of sp³-hybridized carbons (Fsp3) is 0.200. The van der Waals surface area contributed by atoms with Gasteiger partial charge in [-0.25, -0.2) is 4.79 Å². The van der Waals surface area contributed by atoms with Crippen molar-refractivity contribution in [3.8, 4) is 5.75 Å². The number of nitrogens with one attached hydrogen (secondary N) is 1. The van der Waals surface area contributed by atoms with E-state index in [0.29, 0.717) is 11.4 Å². The summed E-state index contributed by atoms with van der Waals surface area (Å²) in [5, 5.41) is 2.67. The van der Waals surface area contributed by atoms with Crippen molar-refractivity contribution in [2.75, 3.05) is 19.0 Å². The lowest BCUT2D eigenvalue weighted by Crippen LogP contribution is -2.20. The lowest BCUT2D eigenvalue weighted by molar-refractivity contribution is -0.142. The number of amides is 1. The predicted octanol–water partition coefficient (Wildman–Crippen LogP) is 3.51. The summed E-state index contributed by atoms with van der Waals surface area (Å²) in [5.41, 5.74) is 3.51. The highest BCUT2D eigenvalue weighted by Crippen LogP contribution is 2.24. The summed E-state index contributed by atoms with van der Waals surface area (Å²) in [6.07, 6.45) is 2.95. The molecule has 0 aliphatic carbocycles. The number of aryl methyl sites for hydroxylation is 2. The normalized spacial score (nSPS) is 10.5. The van der Waals surface area contributed by atoms with Crippen LogP contribution >= 0.6 is 0 Å². The highest BCUT2D eigenvalue weighted by Gasteiger charge is 2.09. The summed E-state index contributed by atoms with van der Waals surface area (Å²) in [7, 11) is 1.52. The fourth-order valence-corrected chi connectivity index (χ4v) is 2.23. The summed E-state index contributed by atoms with van der Waals surface area (Å²) >= 11 is 0. The first-order chi connectivity index (χ1) is 12.0. The minimum absolute atomic E-state index is 0.367. The quantitative estimate of drug-likeness (QED) is 0.646. The molecule has 2 aromatic carbocycles. The molecule has 0 heterocycles.